The van der Waals surface area contributed by atoms with Gasteiger partial charge in [0.05, 0.1) is 5.69 Å². The number of nitrogen functional groups attached to an aromatic ring is 1. The molecule has 20 heavy (non-hydrogen) atoms. The average Bonchev–Trinajstić information content (AvgIpc) is 2.73. The molecule has 0 aliphatic heterocycles. The molecule has 1 amide bonds. The summed E-state index contributed by atoms with van der Waals surface area (Å²) in [4.78, 5) is 12.8. The molecule has 0 spiro atoms. The molecule has 4 N–H and O–H groups in total. The fraction of sp³-hybridized carbons (Fsp3) is 0.400. The van der Waals surface area contributed by atoms with E-state index in [-0.39, 0.29) is 18.4 Å². The van der Waals surface area contributed by atoms with E-state index in [9.17, 15) is 4.79 Å². The van der Waals surface area contributed by atoms with Crippen LogP contribution in [0, 0.1) is 12.8 Å². The summed E-state index contributed by atoms with van der Waals surface area (Å²) in [6.45, 7) is 4.70. The van der Waals surface area contributed by atoms with Crippen LogP contribution in [0.5, 0.6) is 0 Å². The van der Waals surface area contributed by atoms with Gasteiger partial charge in [0.2, 0.25) is 0 Å². The van der Waals surface area contributed by atoms with Crippen LogP contribution in [0.4, 0.5) is 5.69 Å². The van der Waals surface area contributed by atoms with Gasteiger partial charge in [-0.2, -0.15) is 0 Å². The molecule has 0 saturated heterocycles. The first-order valence-electron chi connectivity index (χ1n) is 6.70. The molecule has 0 radical (unpaired) electrons. The van der Waals surface area contributed by atoms with Crippen LogP contribution in [0.2, 0.25) is 0 Å². The van der Waals surface area contributed by atoms with Crippen LogP contribution in [0.1, 0.15) is 28.6 Å². The molecule has 0 aliphatic rings. The predicted octanol–water partition coefficient (Wildman–Crippen LogP) is 2.54. The standard InChI is InChI=1S/C15H20N2O2S/c1-9-3-4-11-12(7-9)20-14(13(11)16)15(19)17-8-10(2)5-6-18/h3-4,7,10,18H,5-6,8,16H2,1-2H3,(H,17,19). The Morgan fingerprint density at radius 1 is 1.50 bits per heavy atom. The zero-order valence-corrected chi connectivity index (χ0v) is 12.6. The van der Waals surface area contributed by atoms with E-state index in [2.05, 4.69) is 5.32 Å². The van der Waals surface area contributed by atoms with Crippen molar-refractivity contribution in [1.29, 1.82) is 0 Å². The van der Waals surface area contributed by atoms with E-state index in [1.54, 1.807) is 0 Å². The van der Waals surface area contributed by atoms with Gasteiger partial charge < -0.3 is 16.2 Å². The first-order valence-corrected chi connectivity index (χ1v) is 7.52. The van der Waals surface area contributed by atoms with Crippen LogP contribution in [0.3, 0.4) is 0 Å². The number of carbonyl (C=O) groups excluding carboxylic acids is 1. The van der Waals surface area contributed by atoms with Crippen LogP contribution >= 0.6 is 11.3 Å². The van der Waals surface area contributed by atoms with E-state index in [4.69, 9.17) is 10.8 Å². The lowest BCUT2D eigenvalue weighted by Gasteiger charge is -2.10. The molecule has 0 saturated carbocycles. The zero-order valence-electron chi connectivity index (χ0n) is 11.8. The third-order valence-corrected chi connectivity index (χ3v) is 4.49. The van der Waals surface area contributed by atoms with Gasteiger partial charge in [0, 0.05) is 23.2 Å². The first-order chi connectivity index (χ1) is 9.52. The van der Waals surface area contributed by atoms with Crippen molar-refractivity contribution in [2.24, 2.45) is 5.92 Å². The highest BCUT2D eigenvalue weighted by molar-refractivity contribution is 7.21. The van der Waals surface area contributed by atoms with Crippen LogP contribution in [0.15, 0.2) is 18.2 Å². The van der Waals surface area contributed by atoms with Crippen molar-refractivity contribution in [1.82, 2.24) is 5.32 Å². The number of aryl methyl sites for hydroxylation is 1. The summed E-state index contributed by atoms with van der Waals surface area (Å²) in [5, 5.41) is 12.7. The molecule has 1 unspecified atom stereocenters. The monoisotopic (exact) mass is 292 g/mol. The minimum Gasteiger partial charge on any atom is -0.397 e. The summed E-state index contributed by atoms with van der Waals surface area (Å²) < 4.78 is 1.04. The number of aliphatic hydroxyl groups is 1. The van der Waals surface area contributed by atoms with Gasteiger partial charge in [-0.05, 0) is 30.9 Å². The number of hydrogen-bond acceptors (Lipinski definition) is 4. The van der Waals surface area contributed by atoms with Crippen LogP contribution in [-0.2, 0) is 0 Å². The fourth-order valence-corrected chi connectivity index (χ4v) is 3.20. The molecule has 2 rings (SSSR count). The molecule has 0 bridgehead atoms. The number of nitrogens with two attached hydrogens (primary N) is 1. The van der Waals surface area contributed by atoms with Crippen LogP contribution < -0.4 is 11.1 Å². The molecule has 1 aromatic heterocycles. The maximum absolute atomic E-state index is 12.2. The number of carbonyl (C=O) groups is 1. The summed E-state index contributed by atoms with van der Waals surface area (Å²) in [5.74, 6) is 0.118. The van der Waals surface area contributed by atoms with Crippen molar-refractivity contribution in [2.45, 2.75) is 20.3 Å². The predicted molar refractivity (Wildman–Crippen MR) is 84.2 cm³/mol. The van der Waals surface area contributed by atoms with Crippen molar-refractivity contribution in [3.63, 3.8) is 0 Å². The minimum absolute atomic E-state index is 0.133. The van der Waals surface area contributed by atoms with Crippen molar-refractivity contribution in [3.05, 3.63) is 28.6 Å². The van der Waals surface area contributed by atoms with Crippen molar-refractivity contribution in [2.75, 3.05) is 18.9 Å². The van der Waals surface area contributed by atoms with Gasteiger partial charge in [-0.15, -0.1) is 11.3 Å². The summed E-state index contributed by atoms with van der Waals surface area (Å²) in [6.07, 6.45) is 0.682. The molecule has 0 aliphatic carbocycles. The molecule has 5 heteroatoms. The quantitative estimate of drug-likeness (QED) is 0.792. The Kier molecular flexibility index (Phi) is 4.62. The molecule has 0 fully saturated rings. The number of aliphatic hydroxyl groups excluding tert-OH is 1. The van der Waals surface area contributed by atoms with Crippen molar-refractivity contribution in [3.8, 4) is 0 Å². The highest BCUT2D eigenvalue weighted by atomic mass is 32.1. The molecule has 1 aromatic carbocycles. The summed E-state index contributed by atoms with van der Waals surface area (Å²) >= 11 is 1.42. The van der Waals surface area contributed by atoms with Crippen molar-refractivity contribution >= 4 is 33.0 Å². The molecule has 1 heterocycles. The number of thiophene rings is 1. The maximum atomic E-state index is 12.2. The second kappa shape index (κ2) is 6.24. The number of anilines is 1. The van der Waals surface area contributed by atoms with Crippen LogP contribution in [0.25, 0.3) is 10.1 Å². The van der Waals surface area contributed by atoms with E-state index in [1.807, 2.05) is 32.0 Å². The fourth-order valence-electron chi connectivity index (χ4n) is 2.06. The highest BCUT2D eigenvalue weighted by Crippen LogP contribution is 2.34. The summed E-state index contributed by atoms with van der Waals surface area (Å²) in [5.41, 5.74) is 7.77. The molecule has 108 valence electrons. The van der Waals surface area contributed by atoms with Gasteiger partial charge in [0.15, 0.2) is 0 Å². The number of hydrogen-bond donors (Lipinski definition) is 3. The molecule has 4 nitrogen and oxygen atoms in total. The lowest BCUT2D eigenvalue weighted by molar-refractivity contribution is 0.0950. The number of fused-ring (bicyclic) bond motifs is 1. The Balaban J connectivity index is 2.16. The Morgan fingerprint density at radius 3 is 2.95 bits per heavy atom. The average molecular weight is 292 g/mol. The Morgan fingerprint density at radius 2 is 2.25 bits per heavy atom. The van der Waals surface area contributed by atoms with E-state index >= 15 is 0 Å². The molecular weight excluding hydrogens is 272 g/mol. The maximum Gasteiger partial charge on any atom is 0.263 e. The minimum atomic E-state index is -0.133. The number of rotatable bonds is 5. The Bertz CT molecular complexity index is 622. The third-order valence-electron chi connectivity index (χ3n) is 3.32. The van der Waals surface area contributed by atoms with E-state index in [1.165, 1.54) is 11.3 Å². The van der Waals surface area contributed by atoms with Gasteiger partial charge in [0.1, 0.15) is 4.88 Å². The molecular formula is C15H20N2O2S. The lowest BCUT2D eigenvalue weighted by Crippen LogP contribution is -2.28. The molecule has 1 atom stereocenters. The van der Waals surface area contributed by atoms with Gasteiger partial charge >= 0.3 is 0 Å². The zero-order chi connectivity index (χ0) is 14.7. The highest BCUT2D eigenvalue weighted by Gasteiger charge is 2.16. The van der Waals surface area contributed by atoms with E-state index < -0.39 is 0 Å². The van der Waals surface area contributed by atoms with Gasteiger partial charge in [-0.3, -0.25) is 4.79 Å². The molecule has 2 aromatic rings. The smallest absolute Gasteiger partial charge is 0.263 e. The van der Waals surface area contributed by atoms with Crippen molar-refractivity contribution < 1.29 is 9.90 Å². The largest absolute Gasteiger partial charge is 0.397 e. The summed E-state index contributed by atoms with van der Waals surface area (Å²) in [6, 6.07) is 6.00. The second-order valence-corrected chi connectivity index (χ2v) is 6.22. The van der Waals surface area contributed by atoms with Gasteiger partial charge in [0.25, 0.3) is 5.91 Å². The van der Waals surface area contributed by atoms with Gasteiger partial charge in [-0.1, -0.05) is 19.1 Å². The van der Waals surface area contributed by atoms with Crippen LogP contribution in [-0.4, -0.2) is 24.2 Å². The Labute approximate surface area is 122 Å². The lowest BCUT2D eigenvalue weighted by atomic mass is 10.1. The number of amides is 1. The van der Waals surface area contributed by atoms with E-state index in [0.29, 0.717) is 23.5 Å². The summed E-state index contributed by atoms with van der Waals surface area (Å²) in [7, 11) is 0. The normalized spacial score (nSPS) is 12.6. The third kappa shape index (κ3) is 3.11. The topological polar surface area (TPSA) is 75.4 Å². The SMILES string of the molecule is Cc1ccc2c(N)c(C(=O)NCC(C)CCO)sc2c1. The second-order valence-electron chi connectivity index (χ2n) is 5.17. The Hall–Kier alpha value is -1.59. The number of nitrogens with one attached hydrogen (secondary N) is 1. The first kappa shape index (κ1) is 14.8. The van der Waals surface area contributed by atoms with Gasteiger partial charge in [-0.25, -0.2) is 0 Å². The number of benzene rings is 1. The van der Waals surface area contributed by atoms with E-state index in [0.717, 1.165) is 15.6 Å².